The lowest BCUT2D eigenvalue weighted by molar-refractivity contribution is 0.159. The number of rotatable bonds is 10. The molecule has 6 heteroatoms. The molecule has 1 saturated carbocycles. The lowest BCUT2D eigenvalue weighted by Crippen LogP contribution is -2.35. The number of likely N-dealkylation sites (tertiary alicyclic amines) is 1. The first-order chi connectivity index (χ1) is 12.0. The van der Waals surface area contributed by atoms with Crippen LogP contribution in [0.25, 0.3) is 0 Å². The Morgan fingerprint density at radius 1 is 1.04 bits per heavy atom. The highest BCUT2D eigenvalue weighted by Crippen LogP contribution is 2.51. The molecule has 5 atom stereocenters. The Balaban J connectivity index is 1.47. The standard InChI is InChI=1S/C19H36N3O2P/c1-14(2)22(15(3)4)25(23-9-7-20)24-10-8-21-12-18-16-5-6-17(11-16)19(18)13-21/h5-6,14-19H,7-13,20H2,1-4H3. The molecule has 0 aromatic rings. The average Bonchev–Trinajstić information content (AvgIpc) is 3.23. The minimum absolute atomic E-state index is 0.400. The molecular formula is C19H36N3O2P. The Hall–Kier alpha value is -0.0300. The van der Waals surface area contributed by atoms with Crippen molar-refractivity contribution in [3.05, 3.63) is 12.2 Å². The SMILES string of the molecule is CC(C)N(C(C)C)P(OCCN)OCCN1CC2C3C=CC(C3)C2C1. The normalized spacial score (nSPS) is 32.5. The highest BCUT2D eigenvalue weighted by molar-refractivity contribution is 7.44. The fourth-order valence-corrected chi connectivity index (χ4v) is 6.54. The summed E-state index contributed by atoms with van der Waals surface area (Å²) in [7, 11) is -1.03. The van der Waals surface area contributed by atoms with E-state index in [4.69, 9.17) is 14.8 Å². The van der Waals surface area contributed by atoms with Gasteiger partial charge in [-0.2, -0.15) is 0 Å². The summed E-state index contributed by atoms with van der Waals surface area (Å²) in [6.07, 6.45) is 6.35. The highest BCUT2D eigenvalue weighted by Gasteiger charge is 2.48. The van der Waals surface area contributed by atoms with Crippen molar-refractivity contribution in [2.75, 3.05) is 39.4 Å². The van der Waals surface area contributed by atoms with Gasteiger partial charge in [0.15, 0.2) is 0 Å². The zero-order valence-corrected chi connectivity index (χ0v) is 17.2. The number of hydrogen-bond acceptors (Lipinski definition) is 5. The molecule has 25 heavy (non-hydrogen) atoms. The highest BCUT2D eigenvalue weighted by atomic mass is 31.2. The van der Waals surface area contributed by atoms with Crippen molar-refractivity contribution in [3.8, 4) is 0 Å². The number of fused-ring (bicyclic) bond motifs is 5. The molecule has 3 rings (SSSR count). The molecule has 2 bridgehead atoms. The predicted octanol–water partition coefficient (Wildman–Crippen LogP) is 3.08. The maximum Gasteiger partial charge on any atom is 0.259 e. The van der Waals surface area contributed by atoms with E-state index in [9.17, 15) is 0 Å². The fourth-order valence-electron chi connectivity index (χ4n) is 4.94. The Labute approximate surface area is 154 Å². The van der Waals surface area contributed by atoms with Crippen LogP contribution in [0.4, 0.5) is 0 Å². The molecule has 3 aliphatic rings. The van der Waals surface area contributed by atoms with Gasteiger partial charge in [0.05, 0.1) is 13.2 Å². The third-order valence-electron chi connectivity index (χ3n) is 5.91. The van der Waals surface area contributed by atoms with Gasteiger partial charge in [-0.05, 0) is 57.8 Å². The van der Waals surface area contributed by atoms with Crippen molar-refractivity contribution in [2.24, 2.45) is 29.4 Å². The molecule has 0 spiro atoms. The third kappa shape index (κ3) is 4.45. The van der Waals surface area contributed by atoms with Crippen LogP contribution in [0.5, 0.6) is 0 Å². The van der Waals surface area contributed by atoms with Crippen molar-refractivity contribution in [2.45, 2.75) is 46.2 Å². The van der Waals surface area contributed by atoms with Crippen LogP contribution >= 0.6 is 8.53 Å². The molecule has 0 radical (unpaired) electrons. The summed E-state index contributed by atoms with van der Waals surface area (Å²) in [4.78, 5) is 2.60. The summed E-state index contributed by atoms with van der Waals surface area (Å²) in [6, 6.07) is 0.799. The van der Waals surface area contributed by atoms with Gasteiger partial charge in [0.2, 0.25) is 0 Å². The van der Waals surface area contributed by atoms with Crippen molar-refractivity contribution in [1.29, 1.82) is 0 Å². The van der Waals surface area contributed by atoms with Crippen LogP contribution in [0.15, 0.2) is 12.2 Å². The molecule has 144 valence electrons. The van der Waals surface area contributed by atoms with Crippen LogP contribution in [-0.4, -0.2) is 61.0 Å². The molecule has 2 N–H and O–H groups in total. The van der Waals surface area contributed by atoms with Gasteiger partial charge in [0.1, 0.15) is 0 Å². The lowest BCUT2D eigenvalue weighted by atomic mass is 9.86. The summed E-state index contributed by atoms with van der Waals surface area (Å²) < 4.78 is 14.6. The molecule has 1 saturated heterocycles. The van der Waals surface area contributed by atoms with Gasteiger partial charge in [-0.25, -0.2) is 4.67 Å². The summed E-state index contributed by atoms with van der Waals surface area (Å²) >= 11 is 0. The second-order valence-electron chi connectivity index (χ2n) is 8.30. The number of nitrogens with zero attached hydrogens (tertiary/aromatic N) is 2. The molecule has 1 aliphatic heterocycles. The predicted molar refractivity (Wildman–Crippen MR) is 104 cm³/mol. The molecule has 2 aliphatic carbocycles. The van der Waals surface area contributed by atoms with E-state index >= 15 is 0 Å². The molecule has 0 amide bonds. The van der Waals surface area contributed by atoms with E-state index in [0.29, 0.717) is 25.2 Å². The van der Waals surface area contributed by atoms with Crippen LogP contribution in [0.3, 0.4) is 0 Å². The number of allylic oxidation sites excluding steroid dienone is 2. The Kier molecular flexibility index (Phi) is 6.92. The minimum Gasteiger partial charge on any atom is -0.328 e. The topological polar surface area (TPSA) is 51.0 Å². The van der Waals surface area contributed by atoms with E-state index in [-0.39, 0.29) is 0 Å². The van der Waals surface area contributed by atoms with Crippen molar-refractivity contribution in [1.82, 2.24) is 9.57 Å². The first kappa shape index (κ1) is 19.7. The van der Waals surface area contributed by atoms with Gasteiger partial charge in [-0.3, -0.25) is 0 Å². The Morgan fingerprint density at radius 2 is 1.60 bits per heavy atom. The zero-order chi connectivity index (χ0) is 18.0. The van der Waals surface area contributed by atoms with E-state index in [1.54, 1.807) is 0 Å². The third-order valence-corrected chi connectivity index (χ3v) is 8.02. The number of nitrogens with two attached hydrogens (primary N) is 1. The first-order valence-electron chi connectivity index (χ1n) is 9.96. The van der Waals surface area contributed by atoms with Gasteiger partial charge < -0.3 is 19.7 Å². The van der Waals surface area contributed by atoms with Crippen molar-refractivity contribution < 1.29 is 9.05 Å². The van der Waals surface area contributed by atoms with Crippen LogP contribution in [0.2, 0.25) is 0 Å². The lowest BCUT2D eigenvalue weighted by Gasteiger charge is -2.35. The second-order valence-corrected chi connectivity index (χ2v) is 9.75. The minimum atomic E-state index is -1.03. The Bertz CT molecular complexity index is 432. The van der Waals surface area contributed by atoms with Gasteiger partial charge in [-0.1, -0.05) is 12.2 Å². The van der Waals surface area contributed by atoms with Crippen LogP contribution < -0.4 is 5.73 Å². The van der Waals surface area contributed by atoms with Gasteiger partial charge in [0, 0.05) is 38.3 Å². The molecule has 1 heterocycles. The zero-order valence-electron chi connectivity index (χ0n) is 16.3. The molecular weight excluding hydrogens is 333 g/mol. The fraction of sp³-hybridized carbons (Fsp3) is 0.895. The number of hydrogen-bond donors (Lipinski definition) is 1. The maximum absolute atomic E-state index is 6.24. The second kappa shape index (κ2) is 8.77. The molecule has 0 aromatic carbocycles. The summed E-state index contributed by atoms with van der Waals surface area (Å²) in [6.45, 7) is 14.2. The van der Waals surface area contributed by atoms with Gasteiger partial charge in [0.25, 0.3) is 8.53 Å². The van der Waals surface area contributed by atoms with E-state index < -0.39 is 8.53 Å². The maximum atomic E-state index is 6.24. The Morgan fingerprint density at radius 3 is 2.12 bits per heavy atom. The largest absolute Gasteiger partial charge is 0.328 e. The molecule has 5 unspecified atom stereocenters. The first-order valence-corrected chi connectivity index (χ1v) is 11.1. The van der Waals surface area contributed by atoms with Crippen molar-refractivity contribution >= 4 is 8.53 Å². The van der Waals surface area contributed by atoms with Crippen LogP contribution in [-0.2, 0) is 9.05 Å². The monoisotopic (exact) mass is 369 g/mol. The smallest absolute Gasteiger partial charge is 0.259 e. The molecule has 2 fully saturated rings. The van der Waals surface area contributed by atoms with Crippen LogP contribution in [0.1, 0.15) is 34.1 Å². The van der Waals surface area contributed by atoms with Gasteiger partial charge >= 0.3 is 0 Å². The van der Waals surface area contributed by atoms with E-state index in [2.05, 4.69) is 49.4 Å². The van der Waals surface area contributed by atoms with E-state index in [1.807, 2.05) is 0 Å². The summed E-state index contributed by atoms with van der Waals surface area (Å²) in [5.41, 5.74) is 5.64. The van der Waals surface area contributed by atoms with Gasteiger partial charge in [-0.15, -0.1) is 0 Å². The summed E-state index contributed by atoms with van der Waals surface area (Å²) in [5, 5.41) is 0. The van der Waals surface area contributed by atoms with E-state index in [0.717, 1.165) is 36.8 Å². The quantitative estimate of drug-likeness (QED) is 0.474. The average molecular weight is 369 g/mol. The van der Waals surface area contributed by atoms with E-state index in [1.165, 1.54) is 19.5 Å². The molecule has 0 aromatic heterocycles. The van der Waals surface area contributed by atoms with Crippen LogP contribution in [0, 0.1) is 23.7 Å². The summed E-state index contributed by atoms with van der Waals surface area (Å²) in [5.74, 6) is 3.49. The van der Waals surface area contributed by atoms with Crippen molar-refractivity contribution in [3.63, 3.8) is 0 Å². The molecule has 5 nitrogen and oxygen atoms in total.